The van der Waals surface area contributed by atoms with Crippen molar-refractivity contribution in [3.05, 3.63) is 52.4 Å². The minimum absolute atomic E-state index is 0.0931. The van der Waals surface area contributed by atoms with Crippen molar-refractivity contribution in [1.29, 1.82) is 0 Å². The van der Waals surface area contributed by atoms with Gasteiger partial charge in [0, 0.05) is 25.1 Å². The fourth-order valence-electron chi connectivity index (χ4n) is 2.98. The van der Waals surface area contributed by atoms with E-state index in [9.17, 15) is 4.79 Å². The summed E-state index contributed by atoms with van der Waals surface area (Å²) < 4.78 is 5.59. The maximum Gasteiger partial charge on any atom is 0.255 e. The summed E-state index contributed by atoms with van der Waals surface area (Å²) in [5, 5.41) is 8.87. The van der Waals surface area contributed by atoms with Crippen LogP contribution in [-0.4, -0.2) is 33.0 Å². The van der Waals surface area contributed by atoms with Crippen molar-refractivity contribution in [3.8, 4) is 0 Å². The number of carbonyl (C=O) groups is 1. The molecule has 0 N–H and O–H groups in total. The summed E-state index contributed by atoms with van der Waals surface area (Å²) in [5.74, 6) is 0.796. The highest BCUT2D eigenvalue weighted by Gasteiger charge is 2.36. The second kappa shape index (κ2) is 6.20. The first-order chi connectivity index (χ1) is 12.1. The van der Waals surface area contributed by atoms with Crippen LogP contribution >= 0.6 is 0 Å². The molecule has 0 saturated heterocycles. The molecule has 0 aliphatic heterocycles. The van der Waals surface area contributed by atoms with Crippen LogP contribution in [0.2, 0.25) is 0 Å². The molecule has 3 rings (SSSR count). The Bertz CT molecular complexity index is 1000. The topological polar surface area (TPSA) is 72.1 Å². The SMILES string of the molecule is Cc1ccc2nc(C)c(C)c(C(=O)N(C)C(C)(C)c3nnc(C)o3)c2c1. The number of aryl methyl sites for hydroxylation is 3. The molecule has 2 heterocycles. The lowest BCUT2D eigenvalue weighted by Crippen LogP contribution is -2.43. The maximum absolute atomic E-state index is 13.5. The fourth-order valence-corrected chi connectivity index (χ4v) is 2.98. The lowest BCUT2D eigenvalue weighted by Gasteiger charge is -2.33. The molecular weight excluding hydrogens is 328 g/mol. The summed E-state index contributed by atoms with van der Waals surface area (Å²) in [6.07, 6.45) is 0. The van der Waals surface area contributed by atoms with Gasteiger partial charge in [-0.25, -0.2) is 0 Å². The average molecular weight is 352 g/mol. The summed E-state index contributed by atoms with van der Waals surface area (Å²) >= 11 is 0. The normalized spacial score (nSPS) is 11.8. The van der Waals surface area contributed by atoms with Gasteiger partial charge in [0.25, 0.3) is 5.91 Å². The first-order valence-electron chi connectivity index (χ1n) is 8.59. The number of fused-ring (bicyclic) bond motifs is 1. The Labute approximate surface area is 153 Å². The molecule has 0 aliphatic rings. The third-order valence-electron chi connectivity index (χ3n) is 5.03. The predicted octanol–water partition coefficient (Wildman–Crippen LogP) is 3.86. The Morgan fingerprint density at radius 2 is 1.81 bits per heavy atom. The Morgan fingerprint density at radius 3 is 2.42 bits per heavy atom. The fraction of sp³-hybridized carbons (Fsp3) is 0.400. The van der Waals surface area contributed by atoms with Crippen LogP contribution in [-0.2, 0) is 5.54 Å². The van der Waals surface area contributed by atoms with Crippen LogP contribution in [0.3, 0.4) is 0 Å². The number of hydrogen-bond donors (Lipinski definition) is 0. The molecule has 136 valence electrons. The van der Waals surface area contributed by atoms with Crippen molar-refractivity contribution < 1.29 is 9.21 Å². The first-order valence-corrected chi connectivity index (χ1v) is 8.59. The lowest BCUT2D eigenvalue weighted by molar-refractivity contribution is 0.0566. The van der Waals surface area contributed by atoms with E-state index in [1.807, 2.05) is 52.8 Å². The number of benzene rings is 1. The molecule has 6 nitrogen and oxygen atoms in total. The monoisotopic (exact) mass is 352 g/mol. The molecule has 0 unspecified atom stereocenters. The molecule has 0 saturated carbocycles. The van der Waals surface area contributed by atoms with Crippen molar-refractivity contribution in [3.63, 3.8) is 0 Å². The highest BCUT2D eigenvalue weighted by molar-refractivity contribution is 6.07. The molecule has 1 amide bonds. The molecule has 0 atom stereocenters. The molecular formula is C20H24N4O2. The van der Waals surface area contributed by atoms with Gasteiger partial charge in [0.15, 0.2) is 0 Å². The highest BCUT2D eigenvalue weighted by Crippen LogP contribution is 2.31. The molecule has 26 heavy (non-hydrogen) atoms. The molecule has 3 aromatic rings. The minimum Gasteiger partial charge on any atom is -0.423 e. The second-order valence-corrected chi connectivity index (χ2v) is 7.27. The molecule has 0 bridgehead atoms. The average Bonchev–Trinajstić information content (AvgIpc) is 3.02. The lowest BCUT2D eigenvalue weighted by atomic mass is 9.96. The predicted molar refractivity (Wildman–Crippen MR) is 100 cm³/mol. The second-order valence-electron chi connectivity index (χ2n) is 7.27. The molecule has 0 fully saturated rings. The number of nitrogens with zero attached hydrogens (tertiary/aromatic N) is 4. The Hall–Kier alpha value is -2.76. The molecule has 0 radical (unpaired) electrons. The van der Waals surface area contributed by atoms with Crippen LogP contribution in [0.5, 0.6) is 0 Å². The number of pyridine rings is 1. The Kier molecular flexibility index (Phi) is 4.30. The van der Waals surface area contributed by atoms with E-state index in [1.165, 1.54) is 0 Å². The molecule has 6 heteroatoms. The van der Waals surface area contributed by atoms with Gasteiger partial charge in [-0.05, 0) is 52.3 Å². The quantitative estimate of drug-likeness (QED) is 0.716. The van der Waals surface area contributed by atoms with E-state index >= 15 is 0 Å². The molecule has 1 aromatic carbocycles. The molecule has 0 spiro atoms. The van der Waals surface area contributed by atoms with Crippen LogP contribution in [0.25, 0.3) is 10.9 Å². The van der Waals surface area contributed by atoms with E-state index < -0.39 is 5.54 Å². The number of hydrogen-bond acceptors (Lipinski definition) is 5. The summed E-state index contributed by atoms with van der Waals surface area (Å²) in [4.78, 5) is 19.8. The third-order valence-corrected chi connectivity index (χ3v) is 5.03. The third kappa shape index (κ3) is 2.85. The molecule has 2 aromatic heterocycles. The number of rotatable bonds is 3. The van der Waals surface area contributed by atoms with E-state index in [1.54, 1.807) is 18.9 Å². The van der Waals surface area contributed by atoms with E-state index in [-0.39, 0.29) is 5.91 Å². The van der Waals surface area contributed by atoms with Gasteiger partial charge >= 0.3 is 0 Å². The highest BCUT2D eigenvalue weighted by atomic mass is 16.4. The van der Waals surface area contributed by atoms with Crippen molar-refractivity contribution >= 4 is 16.8 Å². The van der Waals surface area contributed by atoms with Crippen LogP contribution < -0.4 is 0 Å². The van der Waals surface area contributed by atoms with Crippen molar-refractivity contribution in [2.45, 2.75) is 47.1 Å². The van der Waals surface area contributed by atoms with Crippen LogP contribution in [0, 0.1) is 27.7 Å². The van der Waals surface area contributed by atoms with Crippen LogP contribution in [0.15, 0.2) is 22.6 Å². The van der Waals surface area contributed by atoms with E-state index in [0.29, 0.717) is 17.3 Å². The first kappa shape index (κ1) is 18.0. The van der Waals surface area contributed by atoms with Crippen molar-refractivity contribution in [2.75, 3.05) is 7.05 Å². The van der Waals surface area contributed by atoms with E-state index in [2.05, 4.69) is 15.2 Å². The zero-order valence-corrected chi connectivity index (χ0v) is 16.3. The van der Waals surface area contributed by atoms with E-state index in [4.69, 9.17) is 4.42 Å². The van der Waals surface area contributed by atoms with Crippen LogP contribution in [0.4, 0.5) is 0 Å². The van der Waals surface area contributed by atoms with Gasteiger partial charge in [-0.3, -0.25) is 9.78 Å². The van der Waals surface area contributed by atoms with Gasteiger partial charge < -0.3 is 9.32 Å². The Balaban J connectivity index is 2.15. The van der Waals surface area contributed by atoms with Gasteiger partial charge in [0.05, 0.1) is 11.1 Å². The standard InChI is InChI=1S/C20H24N4O2/c1-11-8-9-16-15(10-11)17(12(2)13(3)21-16)18(25)24(7)20(5,6)19-23-22-14(4)26-19/h8-10H,1-7H3. The van der Waals surface area contributed by atoms with E-state index in [0.717, 1.165) is 27.7 Å². The number of aromatic nitrogens is 3. The maximum atomic E-state index is 13.5. The number of amides is 1. The zero-order chi connectivity index (χ0) is 19.2. The van der Waals surface area contributed by atoms with Gasteiger partial charge in [-0.15, -0.1) is 10.2 Å². The van der Waals surface area contributed by atoms with Gasteiger partial charge in [-0.2, -0.15) is 0 Å². The minimum atomic E-state index is -0.738. The summed E-state index contributed by atoms with van der Waals surface area (Å²) in [6, 6.07) is 5.98. The summed E-state index contributed by atoms with van der Waals surface area (Å²) in [5.41, 5.74) is 3.58. The van der Waals surface area contributed by atoms with Gasteiger partial charge in [-0.1, -0.05) is 11.6 Å². The van der Waals surface area contributed by atoms with Gasteiger partial charge in [0.1, 0.15) is 5.54 Å². The molecule has 0 aliphatic carbocycles. The Morgan fingerprint density at radius 1 is 1.12 bits per heavy atom. The largest absolute Gasteiger partial charge is 0.423 e. The smallest absolute Gasteiger partial charge is 0.255 e. The number of carbonyl (C=O) groups excluding carboxylic acids is 1. The summed E-state index contributed by atoms with van der Waals surface area (Å²) in [6.45, 7) is 11.4. The van der Waals surface area contributed by atoms with Crippen LogP contribution in [0.1, 0.15) is 52.8 Å². The van der Waals surface area contributed by atoms with Gasteiger partial charge in [0.2, 0.25) is 11.8 Å². The van der Waals surface area contributed by atoms with Crippen molar-refractivity contribution in [1.82, 2.24) is 20.1 Å². The summed E-state index contributed by atoms with van der Waals surface area (Å²) in [7, 11) is 1.76. The zero-order valence-electron chi connectivity index (χ0n) is 16.3. The van der Waals surface area contributed by atoms with Crippen molar-refractivity contribution in [2.24, 2.45) is 0 Å².